The fourth-order valence-corrected chi connectivity index (χ4v) is 3.85. The van der Waals surface area contributed by atoms with Gasteiger partial charge in [0.15, 0.2) is 0 Å². The van der Waals surface area contributed by atoms with Gasteiger partial charge in [0.25, 0.3) is 0 Å². The molecule has 0 spiro atoms. The van der Waals surface area contributed by atoms with E-state index >= 15 is 0 Å². The van der Waals surface area contributed by atoms with Crippen LogP contribution in [0, 0.1) is 0 Å². The van der Waals surface area contributed by atoms with Crippen LogP contribution in [0.25, 0.3) is 11.1 Å². The fraction of sp³-hybridized carbons (Fsp3) is 0.310. The number of benzene rings is 3. The molecule has 0 bridgehead atoms. The van der Waals surface area contributed by atoms with E-state index in [1.54, 1.807) is 0 Å². The molecular formula is C29H36N2. The molecule has 1 unspecified atom stereocenters. The minimum absolute atomic E-state index is 0.127. The molecule has 0 amide bonds. The van der Waals surface area contributed by atoms with Gasteiger partial charge < -0.3 is 11.1 Å². The minimum atomic E-state index is 0.127. The van der Waals surface area contributed by atoms with Gasteiger partial charge >= 0.3 is 0 Å². The van der Waals surface area contributed by atoms with Crippen LogP contribution >= 0.6 is 0 Å². The van der Waals surface area contributed by atoms with Gasteiger partial charge in [0, 0.05) is 11.4 Å². The van der Waals surface area contributed by atoms with Gasteiger partial charge in [-0.2, -0.15) is 0 Å². The number of rotatable bonds is 10. The van der Waals surface area contributed by atoms with Crippen LogP contribution in [0.3, 0.4) is 0 Å². The van der Waals surface area contributed by atoms with E-state index in [-0.39, 0.29) is 6.04 Å². The molecule has 162 valence electrons. The molecule has 0 aliphatic rings. The lowest BCUT2D eigenvalue weighted by atomic mass is 9.97. The maximum absolute atomic E-state index is 5.85. The summed E-state index contributed by atoms with van der Waals surface area (Å²) in [6.45, 7) is 10.4. The van der Waals surface area contributed by atoms with Gasteiger partial charge in [-0.15, -0.1) is 0 Å². The third-order valence-corrected chi connectivity index (χ3v) is 5.95. The van der Waals surface area contributed by atoms with E-state index in [4.69, 9.17) is 5.73 Å². The van der Waals surface area contributed by atoms with Crippen molar-refractivity contribution in [1.82, 2.24) is 0 Å². The average molecular weight is 413 g/mol. The normalized spacial score (nSPS) is 12.0. The Bertz CT molecular complexity index is 951. The Morgan fingerprint density at radius 1 is 0.806 bits per heavy atom. The molecule has 3 aromatic carbocycles. The molecule has 2 nitrogen and oxygen atoms in total. The number of aryl methyl sites for hydroxylation is 2. The second kappa shape index (κ2) is 10.9. The van der Waals surface area contributed by atoms with Crippen molar-refractivity contribution >= 4 is 5.69 Å². The Morgan fingerprint density at radius 2 is 1.29 bits per heavy atom. The zero-order valence-electron chi connectivity index (χ0n) is 19.2. The molecule has 1 atom stereocenters. The number of hydrogen-bond acceptors (Lipinski definition) is 2. The molecule has 3 aromatic rings. The van der Waals surface area contributed by atoms with Crippen molar-refractivity contribution in [3.63, 3.8) is 0 Å². The number of nitrogens with two attached hydrogens (primary N) is 1. The summed E-state index contributed by atoms with van der Waals surface area (Å²) in [5.41, 5.74) is 14.4. The summed E-state index contributed by atoms with van der Waals surface area (Å²) in [7, 11) is 0. The zero-order chi connectivity index (χ0) is 22.2. The Morgan fingerprint density at radius 3 is 1.74 bits per heavy atom. The summed E-state index contributed by atoms with van der Waals surface area (Å²) in [6, 6.07) is 26.8. The molecule has 31 heavy (non-hydrogen) atoms. The maximum atomic E-state index is 5.85. The average Bonchev–Trinajstić information content (AvgIpc) is 2.79. The SMILES string of the molecule is C=C(N)C(CC)Nc1ccc(CCCc2ccc(-c3ccc(C(C)C)cc3)cc2)cc1. The molecule has 0 aliphatic carbocycles. The Labute approximate surface area is 188 Å². The van der Waals surface area contributed by atoms with Crippen LogP contribution in [-0.2, 0) is 12.8 Å². The van der Waals surface area contributed by atoms with Gasteiger partial charge in [-0.3, -0.25) is 0 Å². The van der Waals surface area contributed by atoms with Crippen molar-refractivity contribution in [2.24, 2.45) is 5.73 Å². The van der Waals surface area contributed by atoms with Crippen molar-refractivity contribution in [1.29, 1.82) is 0 Å². The van der Waals surface area contributed by atoms with Gasteiger partial charge in [0.2, 0.25) is 0 Å². The summed E-state index contributed by atoms with van der Waals surface area (Å²) < 4.78 is 0. The molecule has 0 heterocycles. The summed E-state index contributed by atoms with van der Waals surface area (Å²) in [6.07, 6.45) is 4.25. The molecule has 3 rings (SSSR count). The van der Waals surface area contributed by atoms with Crippen LogP contribution in [0.2, 0.25) is 0 Å². The summed E-state index contributed by atoms with van der Waals surface area (Å²) in [4.78, 5) is 0. The highest BCUT2D eigenvalue weighted by Crippen LogP contribution is 2.23. The Kier molecular flexibility index (Phi) is 7.94. The summed E-state index contributed by atoms with van der Waals surface area (Å²) in [5, 5.41) is 3.44. The Hall–Kier alpha value is -3.00. The van der Waals surface area contributed by atoms with Crippen LogP contribution in [0.1, 0.15) is 56.2 Å². The van der Waals surface area contributed by atoms with Crippen LogP contribution in [-0.4, -0.2) is 6.04 Å². The van der Waals surface area contributed by atoms with E-state index in [0.717, 1.165) is 31.4 Å². The predicted molar refractivity (Wildman–Crippen MR) is 135 cm³/mol. The third kappa shape index (κ3) is 6.49. The highest BCUT2D eigenvalue weighted by Gasteiger charge is 2.07. The predicted octanol–water partition coefficient (Wildman–Crippen LogP) is 7.32. The first kappa shape index (κ1) is 22.7. The first-order valence-corrected chi connectivity index (χ1v) is 11.4. The fourth-order valence-electron chi connectivity index (χ4n) is 3.85. The van der Waals surface area contributed by atoms with Crippen LogP contribution < -0.4 is 11.1 Å². The van der Waals surface area contributed by atoms with Crippen molar-refractivity contribution in [2.45, 2.75) is 58.4 Å². The van der Waals surface area contributed by atoms with Crippen LogP contribution in [0.5, 0.6) is 0 Å². The Balaban J connectivity index is 1.50. The lowest BCUT2D eigenvalue weighted by molar-refractivity contribution is 0.781. The molecule has 2 heteroatoms. The third-order valence-electron chi connectivity index (χ3n) is 5.95. The first-order chi connectivity index (χ1) is 15.0. The lowest BCUT2D eigenvalue weighted by Crippen LogP contribution is -2.24. The maximum Gasteiger partial charge on any atom is 0.0649 e. The molecule has 0 saturated heterocycles. The number of anilines is 1. The first-order valence-electron chi connectivity index (χ1n) is 11.4. The highest BCUT2D eigenvalue weighted by atomic mass is 14.9. The van der Waals surface area contributed by atoms with Gasteiger partial charge in [0.05, 0.1) is 6.04 Å². The molecule has 3 N–H and O–H groups in total. The van der Waals surface area contributed by atoms with Crippen LogP contribution in [0.15, 0.2) is 85.1 Å². The van der Waals surface area contributed by atoms with E-state index in [1.807, 2.05) is 0 Å². The topological polar surface area (TPSA) is 38.0 Å². The van der Waals surface area contributed by atoms with Gasteiger partial charge in [-0.05, 0) is 71.6 Å². The molecular weight excluding hydrogens is 376 g/mol. The largest absolute Gasteiger partial charge is 0.401 e. The molecule has 0 aromatic heterocycles. The second-order valence-corrected chi connectivity index (χ2v) is 8.70. The van der Waals surface area contributed by atoms with Crippen molar-refractivity contribution in [2.75, 3.05) is 5.32 Å². The van der Waals surface area contributed by atoms with E-state index < -0.39 is 0 Å². The molecule has 0 fully saturated rings. The van der Waals surface area contributed by atoms with E-state index in [2.05, 4.69) is 105 Å². The molecule has 0 aliphatic heterocycles. The number of nitrogens with one attached hydrogen (secondary N) is 1. The zero-order valence-corrected chi connectivity index (χ0v) is 19.2. The van der Waals surface area contributed by atoms with Crippen molar-refractivity contribution in [3.05, 3.63) is 102 Å². The summed E-state index contributed by atoms with van der Waals surface area (Å²) >= 11 is 0. The van der Waals surface area contributed by atoms with Crippen LogP contribution in [0.4, 0.5) is 5.69 Å². The van der Waals surface area contributed by atoms with Crippen molar-refractivity contribution in [3.8, 4) is 11.1 Å². The summed E-state index contributed by atoms with van der Waals surface area (Å²) in [5.74, 6) is 0.572. The quantitative estimate of drug-likeness (QED) is 0.366. The van der Waals surface area contributed by atoms with Crippen molar-refractivity contribution < 1.29 is 0 Å². The van der Waals surface area contributed by atoms with E-state index in [1.165, 1.54) is 27.8 Å². The monoisotopic (exact) mass is 412 g/mol. The van der Waals surface area contributed by atoms with E-state index in [9.17, 15) is 0 Å². The molecule has 0 radical (unpaired) electrons. The highest BCUT2D eigenvalue weighted by molar-refractivity contribution is 5.64. The van der Waals surface area contributed by atoms with E-state index in [0.29, 0.717) is 11.6 Å². The van der Waals surface area contributed by atoms with Gasteiger partial charge in [0.1, 0.15) is 0 Å². The van der Waals surface area contributed by atoms with Gasteiger partial charge in [-0.1, -0.05) is 88.0 Å². The number of hydrogen-bond donors (Lipinski definition) is 2. The smallest absolute Gasteiger partial charge is 0.0649 e. The second-order valence-electron chi connectivity index (χ2n) is 8.70. The standard InChI is InChI=1S/C29H36N2/c1-5-29(22(4)30)31-28-19-11-24(12-20-28)8-6-7-23-9-13-26(14-10-23)27-17-15-25(16-18-27)21(2)3/h9-21,29,31H,4-8,30H2,1-3H3. The molecule has 0 saturated carbocycles. The van der Waals surface area contributed by atoms with Gasteiger partial charge in [-0.25, -0.2) is 0 Å². The lowest BCUT2D eigenvalue weighted by Gasteiger charge is -2.18. The minimum Gasteiger partial charge on any atom is -0.401 e.